The lowest BCUT2D eigenvalue weighted by Gasteiger charge is -2.17. The Kier molecular flexibility index (Phi) is 6.48. The maximum absolute atomic E-state index is 11.8. The number of thioether (sulfide) groups is 2. The molecule has 18 heavy (non-hydrogen) atoms. The Balaban J connectivity index is 2.69. The van der Waals surface area contributed by atoms with E-state index in [2.05, 4.69) is 4.99 Å². The Hall–Kier alpha value is -0.760. The Morgan fingerprint density at radius 1 is 1.72 bits per heavy atom. The van der Waals surface area contributed by atoms with Crippen molar-refractivity contribution in [2.75, 3.05) is 24.3 Å². The third kappa shape index (κ3) is 4.49. The van der Waals surface area contributed by atoms with Crippen LogP contribution in [0.15, 0.2) is 4.99 Å². The second kappa shape index (κ2) is 7.63. The van der Waals surface area contributed by atoms with Gasteiger partial charge in [-0.25, -0.2) is 4.79 Å². The fourth-order valence-electron chi connectivity index (χ4n) is 1.45. The molecule has 1 aliphatic heterocycles. The monoisotopic (exact) mass is 292 g/mol. The van der Waals surface area contributed by atoms with E-state index in [4.69, 9.17) is 4.74 Å². The van der Waals surface area contributed by atoms with Crippen molar-refractivity contribution in [1.29, 1.82) is 0 Å². The topological polar surface area (TPSA) is 81.8 Å². The summed E-state index contributed by atoms with van der Waals surface area (Å²) in [6.07, 6.45) is 2.44. The predicted octanol–water partition coefficient (Wildman–Crippen LogP) is 1.46. The van der Waals surface area contributed by atoms with E-state index in [1.807, 2.05) is 6.26 Å². The summed E-state index contributed by atoms with van der Waals surface area (Å²) in [5.41, 5.74) is 0. The van der Waals surface area contributed by atoms with Gasteiger partial charge in [0, 0.05) is 23.0 Å². The van der Waals surface area contributed by atoms with Crippen molar-refractivity contribution in [3.63, 3.8) is 0 Å². The number of carbonyl (C=O) groups is 1. The van der Waals surface area contributed by atoms with Crippen molar-refractivity contribution < 1.29 is 14.5 Å². The van der Waals surface area contributed by atoms with Gasteiger partial charge in [-0.2, -0.15) is 11.8 Å². The van der Waals surface area contributed by atoms with Gasteiger partial charge < -0.3 is 4.74 Å². The van der Waals surface area contributed by atoms with Crippen LogP contribution < -0.4 is 0 Å². The van der Waals surface area contributed by atoms with Crippen LogP contribution in [0.5, 0.6) is 0 Å². The summed E-state index contributed by atoms with van der Waals surface area (Å²) in [7, 11) is 0. The van der Waals surface area contributed by atoms with Crippen LogP contribution >= 0.6 is 23.5 Å². The van der Waals surface area contributed by atoms with Gasteiger partial charge in [0.2, 0.25) is 0 Å². The van der Waals surface area contributed by atoms with Crippen LogP contribution in [0.4, 0.5) is 0 Å². The smallest absolute Gasteiger partial charge is 0.389 e. The standard InChI is InChI=1S/C10H16N2O4S2/c1-7(6-17-2)16-10(13)8(12(14)15)9-11-4-3-5-18-9/h7-8H,3-6H2,1-2H3. The summed E-state index contributed by atoms with van der Waals surface area (Å²) in [6, 6.07) is -1.46. The van der Waals surface area contributed by atoms with Crippen LogP contribution in [-0.4, -0.2) is 52.4 Å². The number of nitro groups is 1. The molecule has 0 radical (unpaired) electrons. The maximum atomic E-state index is 11.8. The summed E-state index contributed by atoms with van der Waals surface area (Å²) in [6.45, 7) is 2.27. The lowest BCUT2D eigenvalue weighted by molar-refractivity contribution is -0.491. The van der Waals surface area contributed by atoms with Crippen molar-refractivity contribution >= 4 is 34.5 Å². The second-order valence-corrected chi connectivity index (χ2v) is 5.84. The maximum Gasteiger partial charge on any atom is 0.389 e. The Bertz CT molecular complexity index is 349. The van der Waals surface area contributed by atoms with Gasteiger partial charge in [-0.15, -0.1) is 11.8 Å². The quantitative estimate of drug-likeness (QED) is 0.419. The fraction of sp³-hybridized carbons (Fsp3) is 0.800. The van der Waals surface area contributed by atoms with E-state index in [9.17, 15) is 14.9 Å². The summed E-state index contributed by atoms with van der Waals surface area (Å²) in [4.78, 5) is 26.2. The van der Waals surface area contributed by atoms with Gasteiger partial charge in [0.05, 0.1) is 0 Å². The number of rotatable bonds is 6. The molecule has 0 N–H and O–H groups in total. The molecule has 0 saturated carbocycles. The number of ether oxygens (including phenoxy) is 1. The second-order valence-electron chi connectivity index (χ2n) is 3.81. The van der Waals surface area contributed by atoms with Gasteiger partial charge in [-0.1, -0.05) is 0 Å². The van der Waals surface area contributed by atoms with Crippen LogP contribution in [0.25, 0.3) is 0 Å². The highest BCUT2D eigenvalue weighted by molar-refractivity contribution is 8.14. The number of nitrogens with zero attached hydrogens (tertiary/aromatic N) is 2. The van der Waals surface area contributed by atoms with Crippen LogP contribution in [0, 0.1) is 10.1 Å². The molecule has 0 aliphatic carbocycles. The third-order valence-electron chi connectivity index (χ3n) is 2.21. The summed E-state index contributed by atoms with van der Waals surface area (Å²) in [5, 5.41) is 11.3. The normalized spacial score (nSPS) is 18.7. The van der Waals surface area contributed by atoms with E-state index >= 15 is 0 Å². The number of carbonyl (C=O) groups excluding carboxylic acids is 1. The average molecular weight is 292 g/mol. The fourth-order valence-corrected chi connectivity index (χ4v) is 2.99. The lowest BCUT2D eigenvalue weighted by Crippen LogP contribution is -2.40. The molecule has 102 valence electrons. The SMILES string of the molecule is CSCC(C)OC(=O)C(C1=NCCCS1)[N+](=O)[O-]. The van der Waals surface area contributed by atoms with E-state index < -0.39 is 16.9 Å². The van der Waals surface area contributed by atoms with Gasteiger partial charge in [0.15, 0.2) is 5.04 Å². The highest BCUT2D eigenvalue weighted by atomic mass is 32.2. The van der Waals surface area contributed by atoms with Crippen LogP contribution in [0.1, 0.15) is 13.3 Å². The van der Waals surface area contributed by atoms with Crippen molar-refractivity contribution in [1.82, 2.24) is 0 Å². The number of hydrogen-bond acceptors (Lipinski definition) is 7. The predicted molar refractivity (Wildman–Crippen MR) is 74.1 cm³/mol. The van der Waals surface area contributed by atoms with Crippen molar-refractivity contribution in [2.24, 2.45) is 4.99 Å². The Morgan fingerprint density at radius 2 is 2.44 bits per heavy atom. The summed E-state index contributed by atoms with van der Waals surface area (Å²) < 4.78 is 5.07. The molecule has 0 bridgehead atoms. The highest BCUT2D eigenvalue weighted by Gasteiger charge is 2.39. The first-order valence-corrected chi connectivity index (χ1v) is 7.94. The molecule has 1 heterocycles. The molecule has 0 aromatic carbocycles. The zero-order valence-electron chi connectivity index (χ0n) is 10.3. The molecule has 1 rings (SSSR count). The summed E-state index contributed by atoms with van der Waals surface area (Å²) >= 11 is 2.80. The van der Waals surface area contributed by atoms with E-state index in [0.29, 0.717) is 12.3 Å². The Morgan fingerprint density at radius 3 is 2.94 bits per heavy atom. The van der Waals surface area contributed by atoms with Crippen molar-refractivity contribution in [3.8, 4) is 0 Å². The van der Waals surface area contributed by atoms with Gasteiger partial charge in [0.1, 0.15) is 6.10 Å². The van der Waals surface area contributed by atoms with Crippen molar-refractivity contribution in [2.45, 2.75) is 25.5 Å². The van der Waals surface area contributed by atoms with E-state index in [0.717, 1.165) is 12.2 Å². The molecule has 0 aromatic heterocycles. The molecule has 1 aliphatic rings. The molecule has 0 aromatic rings. The first-order chi connectivity index (χ1) is 8.56. The summed E-state index contributed by atoms with van der Waals surface area (Å²) in [5.74, 6) is 0.571. The van der Waals surface area contributed by atoms with Gasteiger partial charge in [-0.05, 0) is 19.6 Å². The van der Waals surface area contributed by atoms with Gasteiger partial charge >= 0.3 is 12.0 Å². The molecular weight excluding hydrogens is 276 g/mol. The molecule has 0 saturated heterocycles. The van der Waals surface area contributed by atoms with E-state index in [1.165, 1.54) is 23.5 Å². The zero-order valence-corrected chi connectivity index (χ0v) is 12.0. The van der Waals surface area contributed by atoms with E-state index in [-0.39, 0.29) is 11.1 Å². The number of aliphatic imine (C=N–C) groups is 1. The molecular formula is C10H16N2O4S2. The third-order valence-corrected chi connectivity index (χ3v) is 4.15. The minimum Gasteiger partial charge on any atom is -0.456 e. The van der Waals surface area contributed by atoms with Gasteiger partial charge in [0.25, 0.3) is 0 Å². The van der Waals surface area contributed by atoms with Crippen LogP contribution in [-0.2, 0) is 9.53 Å². The largest absolute Gasteiger partial charge is 0.456 e. The molecule has 2 unspecified atom stereocenters. The molecule has 0 amide bonds. The van der Waals surface area contributed by atoms with Crippen LogP contribution in [0.3, 0.4) is 0 Å². The van der Waals surface area contributed by atoms with Gasteiger partial charge in [-0.3, -0.25) is 15.1 Å². The highest BCUT2D eigenvalue weighted by Crippen LogP contribution is 2.18. The Labute approximate surface area is 114 Å². The lowest BCUT2D eigenvalue weighted by atomic mass is 10.3. The number of hydrogen-bond donors (Lipinski definition) is 0. The van der Waals surface area contributed by atoms with E-state index in [1.54, 1.807) is 6.92 Å². The first kappa shape index (κ1) is 15.3. The molecule has 2 atom stereocenters. The first-order valence-electron chi connectivity index (χ1n) is 5.56. The molecule has 0 fully saturated rings. The minimum atomic E-state index is -1.46. The minimum absolute atomic E-state index is 0.271. The molecule has 8 heteroatoms. The van der Waals surface area contributed by atoms with Crippen molar-refractivity contribution in [3.05, 3.63) is 10.1 Å². The number of esters is 1. The average Bonchev–Trinajstić information content (AvgIpc) is 2.30. The van der Waals surface area contributed by atoms with Crippen LogP contribution in [0.2, 0.25) is 0 Å². The molecule has 6 nitrogen and oxygen atoms in total. The zero-order chi connectivity index (χ0) is 13.5. The molecule has 0 spiro atoms.